The van der Waals surface area contributed by atoms with Gasteiger partial charge in [0.05, 0.1) is 6.61 Å². The van der Waals surface area contributed by atoms with Crippen LogP contribution in [0.1, 0.15) is 46.0 Å². The Kier molecular flexibility index (Phi) is 11.4. The number of hydrogen-bond donors (Lipinski definition) is 1. The van der Waals surface area contributed by atoms with Crippen molar-refractivity contribution in [3.05, 3.63) is 0 Å². The first-order valence-corrected chi connectivity index (χ1v) is 6.64. The number of nitrogens with two attached hydrogens (primary N) is 1. The first-order valence-electron chi connectivity index (χ1n) is 6.64. The monoisotopic (exact) mass is 245 g/mol. The Labute approximate surface area is 105 Å². The first-order chi connectivity index (χ1) is 8.20. The van der Waals surface area contributed by atoms with Gasteiger partial charge in [-0.2, -0.15) is 0 Å². The van der Waals surface area contributed by atoms with E-state index in [9.17, 15) is 4.79 Å². The van der Waals surface area contributed by atoms with Crippen LogP contribution in [0.3, 0.4) is 0 Å². The molecule has 1 atom stereocenters. The van der Waals surface area contributed by atoms with Crippen LogP contribution in [0.2, 0.25) is 0 Å². The van der Waals surface area contributed by atoms with Gasteiger partial charge >= 0.3 is 5.97 Å². The van der Waals surface area contributed by atoms with E-state index in [1.165, 1.54) is 0 Å². The number of carbonyl (C=O) groups is 1. The quantitative estimate of drug-likeness (QED) is 0.447. The van der Waals surface area contributed by atoms with Gasteiger partial charge in [0.15, 0.2) is 0 Å². The van der Waals surface area contributed by atoms with Gasteiger partial charge in [0.2, 0.25) is 0 Å². The lowest BCUT2D eigenvalue weighted by atomic mass is 10.0. The molecule has 0 fully saturated rings. The second-order valence-corrected chi connectivity index (χ2v) is 4.41. The standard InChI is InChI=1S/C13H27NO3/c1-3-4-9-16-10-11-17-13(15)6-5-12(2)7-8-14/h12H,3-11,14H2,1-2H3. The minimum Gasteiger partial charge on any atom is -0.463 e. The topological polar surface area (TPSA) is 61.5 Å². The van der Waals surface area contributed by atoms with Crippen LogP contribution in [0, 0.1) is 5.92 Å². The summed E-state index contributed by atoms with van der Waals surface area (Å²) in [5.41, 5.74) is 5.44. The number of esters is 1. The smallest absolute Gasteiger partial charge is 0.305 e. The highest BCUT2D eigenvalue weighted by molar-refractivity contribution is 5.69. The zero-order chi connectivity index (χ0) is 12.9. The van der Waals surface area contributed by atoms with Crippen molar-refractivity contribution in [2.75, 3.05) is 26.4 Å². The molecule has 17 heavy (non-hydrogen) atoms. The summed E-state index contributed by atoms with van der Waals surface area (Å²) in [4.78, 5) is 11.3. The van der Waals surface area contributed by atoms with E-state index in [1.807, 2.05) is 0 Å². The first kappa shape index (κ1) is 16.4. The fourth-order valence-corrected chi connectivity index (χ4v) is 1.43. The summed E-state index contributed by atoms with van der Waals surface area (Å²) in [5.74, 6) is 0.362. The lowest BCUT2D eigenvalue weighted by Gasteiger charge is -2.09. The van der Waals surface area contributed by atoms with Gasteiger partial charge in [0.25, 0.3) is 0 Å². The number of carbonyl (C=O) groups excluding carboxylic acids is 1. The van der Waals surface area contributed by atoms with E-state index < -0.39 is 0 Å². The van der Waals surface area contributed by atoms with Crippen LogP contribution >= 0.6 is 0 Å². The lowest BCUT2D eigenvalue weighted by Crippen LogP contribution is -2.13. The zero-order valence-corrected chi connectivity index (χ0v) is 11.2. The van der Waals surface area contributed by atoms with Gasteiger partial charge in [0.1, 0.15) is 6.61 Å². The van der Waals surface area contributed by atoms with Crippen molar-refractivity contribution in [3.8, 4) is 0 Å². The Balaban J connectivity index is 3.28. The van der Waals surface area contributed by atoms with Gasteiger partial charge in [-0.3, -0.25) is 4.79 Å². The predicted octanol–water partition coefficient (Wildman–Crippen LogP) is 2.11. The molecule has 0 radical (unpaired) electrons. The highest BCUT2D eigenvalue weighted by Crippen LogP contribution is 2.09. The molecule has 0 aromatic carbocycles. The molecule has 4 heteroatoms. The third-order valence-electron chi connectivity index (χ3n) is 2.63. The largest absolute Gasteiger partial charge is 0.463 e. The van der Waals surface area contributed by atoms with Gasteiger partial charge in [-0.25, -0.2) is 0 Å². The number of hydrogen-bond acceptors (Lipinski definition) is 4. The molecule has 0 spiro atoms. The van der Waals surface area contributed by atoms with Crippen molar-refractivity contribution in [1.82, 2.24) is 0 Å². The summed E-state index contributed by atoms with van der Waals surface area (Å²) in [6.45, 7) is 6.53. The molecule has 0 amide bonds. The summed E-state index contributed by atoms with van der Waals surface area (Å²) in [7, 11) is 0. The second-order valence-electron chi connectivity index (χ2n) is 4.41. The number of rotatable bonds is 11. The molecule has 0 heterocycles. The molecule has 0 aromatic rings. The third-order valence-corrected chi connectivity index (χ3v) is 2.63. The van der Waals surface area contributed by atoms with E-state index in [4.69, 9.17) is 15.2 Å². The highest BCUT2D eigenvalue weighted by Gasteiger charge is 2.06. The van der Waals surface area contributed by atoms with Gasteiger partial charge < -0.3 is 15.2 Å². The normalized spacial score (nSPS) is 12.4. The Morgan fingerprint density at radius 1 is 1.24 bits per heavy atom. The molecule has 0 aliphatic rings. The number of ether oxygens (including phenoxy) is 2. The summed E-state index contributed by atoms with van der Waals surface area (Å²) in [6.07, 6.45) is 4.49. The average molecular weight is 245 g/mol. The maximum absolute atomic E-state index is 11.3. The molecule has 4 nitrogen and oxygen atoms in total. The predicted molar refractivity (Wildman–Crippen MR) is 68.8 cm³/mol. The highest BCUT2D eigenvalue weighted by atomic mass is 16.6. The van der Waals surface area contributed by atoms with E-state index in [1.54, 1.807) is 0 Å². The van der Waals surface area contributed by atoms with Crippen molar-refractivity contribution < 1.29 is 14.3 Å². The Hall–Kier alpha value is -0.610. The Morgan fingerprint density at radius 3 is 2.65 bits per heavy atom. The van der Waals surface area contributed by atoms with Crippen LogP contribution in [0.5, 0.6) is 0 Å². The molecule has 0 bridgehead atoms. The van der Waals surface area contributed by atoms with Crippen LogP contribution < -0.4 is 5.73 Å². The van der Waals surface area contributed by atoms with E-state index in [0.29, 0.717) is 32.1 Å². The van der Waals surface area contributed by atoms with Crippen molar-refractivity contribution >= 4 is 5.97 Å². The number of unbranched alkanes of at least 4 members (excludes halogenated alkanes) is 1. The molecule has 102 valence electrons. The van der Waals surface area contributed by atoms with Crippen LogP contribution in [-0.2, 0) is 14.3 Å². The van der Waals surface area contributed by atoms with Gasteiger partial charge in [-0.05, 0) is 31.7 Å². The van der Waals surface area contributed by atoms with Gasteiger partial charge in [-0.15, -0.1) is 0 Å². The fraction of sp³-hybridized carbons (Fsp3) is 0.923. The molecule has 2 N–H and O–H groups in total. The lowest BCUT2D eigenvalue weighted by molar-refractivity contribution is -0.145. The van der Waals surface area contributed by atoms with Crippen LogP contribution in [0.4, 0.5) is 0 Å². The Bertz CT molecular complexity index is 186. The summed E-state index contributed by atoms with van der Waals surface area (Å²) >= 11 is 0. The minimum absolute atomic E-state index is 0.132. The molecule has 0 saturated carbocycles. The third kappa shape index (κ3) is 11.6. The molecule has 1 unspecified atom stereocenters. The second kappa shape index (κ2) is 11.9. The van der Waals surface area contributed by atoms with E-state index in [0.717, 1.165) is 32.3 Å². The summed E-state index contributed by atoms with van der Waals surface area (Å²) < 4.78 is 10.4. The molecule has 0 aromatic heterocycles. The van der Waals surface area contributed by atoms with E-state index >= 15 is 0 Å². The van der Waals surface area contributed by atoms with Crippen molar-refractivity contribution in [3.63, 3.8) is 0 Å². The molecule has 0 rings (SSSR count). The zero-order valence-electron chi connectivity index (χ0n) is 11.2. The molecule has 0 aliphatic carbocycles. The maximum atomic E-state index is 11.3. The molecule has 0 aliphatic heterocycles. The summed E-state index contributed by atoms with van der Waals surface area (Å²) in [6, 6.07) is 0. The van der Waals surface area contributed by atoms with Gasteiger partial charge in [0, 0.05) is 13.0 Å². The fourth-order valence-electron chi connectivity index (χ4n) is 1.43. The van der Waals surface area contributed by atoms with E-state index in [-0.39, 0.29) is 5.97 Å². The van der Waals surface area contributed by atoms with Crippen molar-refractivity contribution in [1.29, 1.82) is 0 Å². The van der Waals surface area contributed by atoms with Crippen molar-refractivity contribution in [2.45, 2.75) is 46.0 Å². The minimum atomic E-state index is -0.132. The SMILES string of the molecule is CCCCOCCOC(=O)CCC(C)CCN. The van der Waals surface area contributed by atoms with Crippen LogP contribution in [0.25, 0.3) is 0 Å². The molecule has 0 saturated heterocycles. The summed E-state index contributed by atoms with van der Waals surface area (Å²) in [5, 5.41) is 0. The Morgan fingerprint density at radius 2 is 2.00 bits per heavy atom. The average Bonchev–Trinajstić information content (AvgIpc) is 2.31. The van der Waals surface area contributed by atoms with Crippen LogP contribution in [0.15, 0.2) is 0 Å². The van der Waals surface area contributed by atoms with E-state index in [2.05, 4.69) is 13.8 Å². The maximum Gasteiger partial charge on any atom is 0.305 e. The molecular formula is C13H27NO3. The van der Waals surface area contributed by atoms with Crippen molar-refractivity contribution in [2.24, 2.45) is 11.7 Å². The molecular weight excluding hydrogens is 218 g/mol. The van der Waals surface area contributed by atoms with Crippen LogP contribution in [-0.4, -0.2) is 32.3 Å². The van der Waals surface area contributed by atoms with Gasteiger partial charge in [-0.1, -0.05) is 20.3 Å².